The summed E-state index contributed by atoms with van der Waals surface area (Å²) in [6.45, 7) is 2.76. The number of nitrogens with one attached hydrogen (secondary N) is 3. The van der Waals surface area contributed by atoms with Gasteiger partial charge in [0.15, 0.2) is 12.4 Å². The van der Waals surface area contributed by atoms with Gasteiger partial charge in [-0.3, -0.25) is 9.59 Å². The molecule has 0 fully saturated rings. The Morgan fingerprint density at radius 3 is 2.65 bits per heavy atom. The van der Waals surface area contributed by atoms with E-state index in [0.717, 1.165) is 26.7 Å². The van der Waals surface area contributed by atoms with E-state index in [2.05, 4.69) is 34.3 Å². The number of thiazole rings is 1. The minimum atomic E-state index is -0.166. The fourth-order valence-corrected chi connectivity index (χ4v) is 4.97. The van der Waals surface area contributed by atoms with Crippen LogP contribution in [-0.2, 0) is 11.3 Å². The lowest BCUT2D eigenvalue weighted by Crippen LogP contribution is -3.08. The highest BCUT2D eigenvalue weighted by molar-refractivity contribution is 7.21. The molecule has 0 aliphatic rings. The fraction of sp³-hybridized carbons (Fsp3) is 0.154. The zero-order chi connectivity index (χ0) is 23.7. The van der Waals surface area contributed by atoms with Crippen LogP contribution in [0, 0.1) is 6.92 Å². The van der Waals surface area contributed by atoms with Crippen molar-refractivity contribution < 1.29 is 9.69 Å². The molecule has 0 aliphatic carbocycles. The first kappa shape index (κ1) is 21.9. The lowest BCUT2D eigenvalue weighted by atomic mass is 10.2. The second-order valence-corrected chi connectivity index (χ2v) is 9.49. The Kier molecular flexibility index (Phi) is 5.91. The highest BCUT2D eigenvalue weighted by Gasteiger charge is 2.14. The number of aromatic amines is 1. The van der Waals surface area contributed by atoms with Crippen LogP contribution in [0.2, 0.25) is 0 Å². The molecule has 170 valence electrons. The number of likely N-dealkylation sites (N-methyl/N-ethyl adjacent to an activating group) is 1. The molecule has 0 saturated carbocycles. The van der Waals surface area contributed by atoms with Crippen LogP contribution in [0.25, 0.3) is 31.7 Å². The van der Waals surface area contributed by atoms with Crippen molar-refractivity contribution in [2.24, 2.45) is 0 Å². The van der Waals surface area contributed by atoms with Crippen molar-refractivity contribution in [3.63, 3.8) is 0 Å². The fourth-order valence-electron chi connectivity index (χ4n) is 3.90. The molecule has 2 aromatic heterocycles. The molecule has 3 aromatic carbocycles. The van der Waals surface area contributed by atoms with Crippen molar-refractivity contribution in [1.29, 1.82) is 0 Å². The van der Waals surface area contributed by atoms with Crippen LogP contribution < -0.4 is 15.8 Å². The highest BCUT2D eigenvalue weighted by Crippen LogP contribution is 2.31. The molecule has 1 unspecified atom stereocenters. The van der Waals surface area contributed by atoms with Gasteiger partial charge in [-0.15, -0.1) is 11.3 Å². The van der Waals surface area contributed by atoms with Gasteiger partial charge in [-0.05, 0) is 61.0 Å². The predicted molar refractivity (Wildman–Crippen MR) is 136 cm³/mol. The summed E-state index contributed by atoms with van der Waals surface area (Å²) in [5, 5.41) is 4.46. The van der Waals surface area contributed by atoms with Gasteiger partial charge in [-0.1, -0.05) is 18.2 Å². The number of carbonyl (C=O) groups is 1. The standard InChI is InChI=1S/C26H23N5O2S/c1-16-7-12-21-22(13-16)34-26(29-21)17-8-10-18(11-9-17)27-24(32)15-31(2)14-23-28-20-6-4-3-5-19(20)25(33)30-23/h3-13H,14-15H2,1-2H3,(H,27,32)(H,28,30,33)/p+1. The summed E-state index contributed by atoms with van der Waals surface area (Å²) in [5.74, 6) is 0.452. The number of nitrogens with zero attached hydrogens (tertiary/aromatic N) is 2. The minimum Gasteiger partial charge on any atom is -0.323 e. The van der Waals surface area contributed by atoms with E-state index in [4.69, 9.17) is 4.98 Å². The zero-order valence-corrected chi connectivity index (χ0v) is 19.7. The first-order valence-corrected chi connectivity index (χ1v) is 11.8. The molecule has 8 heteroatoms. The number of para-hydroxylation sites is 1. The minimum absolute atomic E-state index is 0.108. The van der Waals surface area contributed by atoms with Crippen molar-refractivity contribution in [2.45, 2.75) is 13.5 Å². The summed E-state index contributed by atoms with van der Waals surface area (Å²) in [4.78, 5) is 37.8. The van der Waals surface area contributed by atoms with Crippen molar-refractivity contribution >= 4 is 44.1 Å². The van der Waals surface area contributed by atoms with Crippen molar-refractivity contribution in [2.75, 3.05) is 18.9 Å². The molecule has 3 N–H and O–H groups in total. The van der Waals surface area contributed by atoms with Crippen molar-refractivity contribution in [1.82, 2.24) is 15.0 Å². The Labute approximate surface area is 200 Å². The van der Waals surface area contributed by atoms with E-state index in [0.29, 0.717) is 23.3 Å². The third kappa shape index (κ3) is 4.73. The Hall–Kier alpha value is -3.88. The van der Waals surface area contributed by atoms with Crippen LogP contribution in [-0.4, -0.2) is 34.5 Å². The average Bonchev–Trinajstić information content (AvgIpc) is 3.22. The second-order valence-electron chi connectivity index (χ2n) is 8.46. The number of benzene rings is 3. The normalized spacial score (nSPS) is 12.2. The molecule has 0 spiro atoms. The van der Waals surface area contributed by atoms with Gasteiger partial charge >= 0.3 is 0 Å². The van der Waals surface area contributed by atoms with Crippen molar-refractivity contribution in [3.8, 4) is 10.6 Å². The van der Waals surface area contributed by atoms with Crippen LogP contribution >= 0.6 is 11.3 Å². The Morgan fingerprint density at radius 1 is 1.03 bits per heavy atom. The summed E-state index contributed by atoms with van der Waals surface area (Å²) >= 11 is 1.66. The molecule has 5 rings (SSSR count). The number of anilines is 1. The molecule has 1 amide bonds. The second kappa shape index (κ2) is 9.17. The number of aryl methyl sites for hydroxylation is 1. The van der Waals surface area contributed by atoms with Crippen LogP contribution in [0.5, 0.6) is 0 Å². The average molecular weight is 471 g/mol. The van der Waals surface area contributed by atoms with Crippen LogP contribution in [0.1, 0.15) is 11.4 Å². The summed E-state index contributed by atoms with van der Waals surface area (Å²) < 4.78 is 1.17. The Morgan fingerprint density at radius 2 is 1.82 bits per heavy atom. The van der Waals surface area contributed by atoms with Gasteiger partial charge in [0, 0.05) is 11.3 Å². The maximum absolute atomic E-state index is 12.6. The van der Waals surface area contributed by atoms with Crippen molar-refractivity contribution in [3.05, 3.63) is 88.5 Å². The number of quaternary nitrogens is 1. The number of fused-ring (bicyclic) bond motifs is 2. The third-order valence-electron chi connectivity index (χ3n) is 5.55. The van der Waals surface area contributed by atoms with Gasteiger partial charge in [0.2, 0.25) is 0 Å². The van der Waals surface area contributed by atoms with E-state index < -0.39 is 0 Å². The lowest BCUT2D eigenvalue weighted by Gasteiger charge is -2.13. The molecular formula is C26H24N5O2S+. The molecule has 34 heavy (non-hydrogen) atoms. The van der Waals surface area contributed by atoms with Crippen LogP contribution in [0.3, 0.4) is 0 Å². The molecule has 7 nitrogen and oxygen atoms in total. The van der Waals surface area contributed by atoms with Gasteiger partial charge < -0.3 is 15.2 Å². The van der Waals surface area contributed by atoms with E-state index in [-0.39, 0.29) is 18.0 Å². The molecular weight excluding hydrogens is 446 g/mol. The van der Waals surface area contributed by atoms with Gasteiger partial charge in [0.1, 0.15) is 11.6 Å². The topological polar surface area (TPSA) is 92.2 Å². The van der Waals surface area contributed by atoms with E-state index in [1.165, 1.54) is 10.3 Å². The molecule has 2 heterocycles. The van der Waals surface area contributed by atoms with Gasteiger partial charge in [-0.2, -0.15) is 0 Å². The third-order valence-corrected chi connectivity index (χ3v) is 6.62. The number of aromatic nitrogens is 3. The number of H-pyrrole nitrogens is 1. The maximum Gasteiger partial charge on any atom is 0.279 e. The molecule has 0 bridgehead atoms. The summed E-state index contributed by atoms with van der Waals surface area (Å²) in [6.07, 6.45) is 0. The molecule has 0 saturated heterocycles. The largest absolute Gasteiger partial charge is 0.323 e. The monoisotopic (exact) mass is 470 g/mol. The number of rotatable bonds is 6. The van der Waals surface area contributed by atoms with E-state index >= 15 is 0 Å². The predicted octanol–water partition coefficient (Wildman–Crippen LogP) is 3.16. The van der Waals surface area contributed by atoms with Gasteiger partial charge in [0.25, 0.3) is 11.5 Å². The molecule has 1 atom stereocenters. The maximum atomic E-state index is 12.6. The molecule has 5 aromatic rings. The van der Waals surface area contributed by atoms with Crippen LogP contribution in [0.15, 0.2) is 71.5 Å². The van der Waals surface area contributed by atoms with Crippen LogP contribution in [0.4, 0.5) is 5.69 Å². The summed E-state index contributed by atoms with van der Waals surface area (Å²) in [6, 6.07) is 21.2. The summed E-state index contributed by atoms with van der Waals surface area (Å²) in [7, 11) is 1.90. The number of hydrogen-bond acceptors (Lipinski definition) is 5. The first-order chi connectivity index (χ1) is 16.4. The zero-order valence-electron chi connectivity index (χ0n) is 18.9. The van der Waals surface area contributed by atoms with E-state index in [1.807, 2.05) is 55.6 Å². The summed E-state index contributed by atoms with van der Waals surface area (Å²) in [5.41, 5.74) is 4.46. The van der Waals surface area contributed by atoms with E-state index in [1.54, 1.807) is 17.4 Å². The number of hydrogen-bond donors (Lipinski definition) is 3. The quantitative estimate of drug-likeness (QED) is 0.356. The first-order valence-electron chi connectivity index (χ1n) is 11.0. The number of amides is 1. The smallest absolute Gasteiger partial charge is 0.279 e. The Bertz CT molecular complexity index is 1560. The lowest BCUT2D eigenvalue weighted by molar-refractivity contribution is -0.885. The number of carbonyl (C=O) groups excluding carboxylic acids is 1. The van der Waals surface area contributed by atoms with E-state index in [9.17, 15) is 9.59 Å². The highest BCUT2D eigenvalue weighted by atomic mass is 32.1. The molecule has 0 aliphatic heterocycles. The van der Waals surface area contributed by atoms with Gasteiger partial charge in [0.05, 0.1) is 28.2 Å². The molecule has 0 radical (unpaired) electrons. The Balaban J connectivity index is 1.21. The van der Waals surface area contributed by atoms with Gasteiger partial charge in [-0.25, -0.2) is 9.97 Å². The SMILES string of the molecule is Cc1ccc2nc(-c3ccc(NC(=O)C[NH+](C)Cc4nc5ccccc5c(=O)[nH]4)cc3)sc2c1.